The Morgan fingerprint density at radius 2 is 1.75 bits per heavy atom. The van der Waals surface area contributed by atoms with Gasteiger partial charge in [0.1, 0.15) is 11.9 Å². The number of nitrogens with two attached hydrogens (primary N) is 1. The van der Waals surface area contributed by atoms with Crippen LogP contribution in [0.2, 0.25) is 0 Å². The van der Waals surface area contributed by atoms with Crippen molar-refractivity contribution in [1.82, 2.24) is 5.32 Å². The van der Waals surface area contributed by atoms with Crippen molar-refractivity contribution < 1.29 is 9.18 Å². The highest BCUT2D eigenvalue weighted by Crippen LogP contribution is 2.09. The zero-order chi connectivity index (χ0) is 14.4. The normalized spacial score (nSPS) is 11.9. The molecule has 0 saturated heterocycles. The minimum Gasteiger partial charge on any atom is -0.354 e. The highest BCUT2D eigenvalue weighted by molar-refractivity contribution is 5.82. The highest BCUT2D eigenvalue weighted by atomic mass is 19.1. The molecule has 2 aromatic rings. The summed E-state index contributed by atoms with van der Waals surface area (Å²) in [6, 6.07) is 14.8. The van der Waals surface area contributed by atoms with Gasteiger partial charge >= 0.3 is 0 Å². The number of hydrogen-bond donors (Lipinski definition) is 2. The molecule has 0 aliphatic heterocycles. The molecule has 0 spiro atoms. The molecule has 0 saturated carbocycles. The molecule has 3 nitrogen and oxygen atoms in total. The van der Waals surface area contributed by atoms with Gasteiger partial charge < -0.3 is 11.1 Å². The monoisotopic (exact) mass is 272 g/mol. The van der Waals surface area contributed by atoms with Gasteiger partial charge in [0.25, 0.3) is 0 Å². The van der Waals surface area contributed by atoms with Gasteiger partial charge in [0.15, 0.2) is 0 Å². The summed E-state index contributed by atoms with van der Waals surface area (Å²) in [6.07, 6.45) is 0.646. The summed E-state index contributed by atoms with van der Waals surface area (Å²) < 4.78 is 12.7. The maximum Gasteiger partial charge on any atom is 0.241 e. The molecule has 0 aromatic heterocycles. The molecule has 4 heteroatoms. The third-order valence-electron chi connectivity index (χ3n) is 3.07. The molecule has 0 fully saturated rings. The van der Waals surface area contributed by atoms with E-state index in [-0.39, 0.29) is 11.7 Å². The van der Waals surface area contributed by atoms with Gasteiger partial charge in [-0.05, 0) is 29.7 Å². The van der Waals surface area contributed by atoms with Gasteiger partial charge in [-0.3, -0.25) is 4.79 Å². The lowest BCUT2D eigenvalue weighted by molar-refractivity contribution is -0.122. The summed E-state index contributed by atoms with van der Waals surface area (Å²) in [4.78, 5) is 11.9. The third kappa shape index (κ3) is 3.90. The van der Waals surface area contributed by atoms with Gasteiger partial charge in [0, 0.05) is 6.54 Å². The summed E-state index contributed by atoms with van der Waals surface area (Å²) >= 11 is 0. The molecule has 2 aromatic carbocycles. The van der Waals surface area contributed by atoms with Crippen LogP contribution in [0.25, 0.3) is 0 Å². The number of hydrogen-bond acceptors (Lipinski definition) is 2. The van der Waals surface area contributed by atoms with Crippen molar-refractivity contribution in [2.45, 2.75) is 12.5 Å². The minimum absolute atomic E-state index is 0.210. The van der Waals surface area contributed by atoms with Gasteiger partial charge in [0.2, 0.25) is 5.91 Å². The number of carbonyl (C=O) groups is 1. The molecule has 1 atom stereocenters. The average molecular weight is 272 g/mol. The molecule has 0 heterocycles. The number of rotatable bonds is 5. The molecule has 0 bridgehead atoms. The van der Waals surface area contributed by atoms with Crippen LogP contribution in [0.3, 0.4) is 0 Å². The standard InChI is InChI=1S/C16H17FN2O/c17-14-8-6-12(7-9-14)10-11-19-16(20)15(18)13-4-2-1-3-5-13/h1-9,15H,10-11,18H2,(H,19,20). The summed E-state index contributed by atoms with van der Waals surface area (Å²) in [5.74, 6) is -0.470. The van der Waals surface area contributed by atoms with Crippen molar-refractivity contribution in [3.05, 3.63) is 71.5 Å². The van der Waals surface area contributed by atoms with Gasteiger partial charge in [-0.2, -0.15) is 0 Å². The average Bonchev–Trinajstić information content (AvgIpc) is 2.49. The second kappa shape index (κ2) is 6.82. The SMILES string of the molecule is NC(C(=O)NCCc1ccc(F)cc1)c1ccccc1. The smallest absolute Gasteiger partial charge is 0.241 e. The fourth-order valence-corrected chi connectivity index (χ4v) is 1.90. The van der Waals surface area contributed by atoms with Crippen molar-refractivity contribution in [3.63, 3.8) is 0 Å². The summed E-state index contributed by atoms with van der Waals surface area (Å²) in [5.41, 5.74) is 7.63. The Balaban J connectivity index is 1.82. The molecule has 1 amide bonds. The predicted molar refractivity (Wildman–Crippen MR) is 76.5 cm³/mol. The first-order valence-electron chi connectivity index (χ1n) is 6.49. The summed E-state index contributed by atoms with van der Waals surface area (Å²) in [6.45, 7) is 0.477. The number of carbonyl (C=O) groups excluding carboxylic acids is 1. The number of benzene rings is 2. The fraction of sp³-hybridized carbons (Fsp3) is 0.188. The van der Waals surface area contributed by atoms with Crippen LogP contribution in [0.15, 0.2) is 54.6 Å². The largest absolute Gasteiger partial charge is 0.354 e. The Bertz CT molecular complexity index is 554. The topological polar surface area (TPSA) is 55.1 Å². The quantitative estimate of drug-likeness (QED) is 0.876. The highest BCUT2D eigenvalue weighted by Gasteiger charge is 2.14. The van der Waals surface area contributed by atoms with Crippen LogP contribution in [0.5, 0.6) is 0 Å². The van der Waals surface area contributed by atoms with E-state index in [4.69, 9.17) is 5.73 Å². The fourth-order valence-electron chi connectivity index (χ4n) is 1.90. The summed E-state index contributed by atoms with van der Waals surface area (Å²) in [7, 11) is 0. The maximum atomic E-state index is 12.7. The Morgan fingerprint density at radius 3 is 2.40 bits per heavy atom. The molecule has 104 valence electrons. The van der Waals surface area contributed by atoms with Crippen molar-refractivity contribution in [2.75, 3.05) is 6.54 Å². The Labute approximate surface area is 117 Å². The van der Waals surface area contributed by atoms with Gasteiger partial charge in [0.05, 0.1) is 0 Å². The molecule has 0 aliphatic rings. The first kappa shape index (κ1) is 14.2. The van der Waals surface area contributed by atoms with Crippen molar-refractivity contribution in [1.29, 1.82) is 0 Å². The van der Waals surface area contributed by atoms with Crippen LogP contribution in [0.1, 0.15) is 17.2 Å². The number of nitrogens with one attached hydrogen (secondary N) is 1. The molecular weight excluding hydrogens is 255 g/mol. The van der Waals surface area contributed by atoms with Gasteiger partial charge in [-0.1, -0.05) is 42.5 Å². The van der Waals surface area contributed by atoms with Crippen LogP contribution in [0.4, 0.5) is 4.39 Å². The van der Waals surface area contributed by atoms with Gasteiger partial charge in [-0.25, -0.2) is 4.39 Å². The number of amides is 1. The van der Waals surface area contributed by atoms with E-state index in [2.05, 4.69) is 5.32 Å². The zero-order valence-corrected chi connectivity index (χ0v) is 11.1. The minimum atomic E-state index is -0.663. The van der Waals surface area contributed by atoms with Crippen LogP contribution in [-0.4, -0.2) is 12.5 Å². The molecule has 1 unspecified atom stereocenters. The molecule has 2 rings (SSSR count). The van der Waals surface area contributed by atoms with Crippen LogP contribution in [-0.2, 0) is 11.2 Å². The molecule has 0 radical (unpaired) electrons. The zero-order valence-electron chi connectivity index (χ0n) is 11.1. The Hall–Kier alpha value is -2.20. The number of halogens is 1. The first-order chi connectivity index (χ1) is 9.66. The Morgan fingerprint density at radius 1 is 1.10 bits per heavy atom. The lowest BCUT2D eigenvalue weighted by Crippen LogP contribution is -2.35. The molecular formula is C16H17FN2O. The van der Waals surface area contributed by atoms with E-state index in [0.29, 0.717) is 13.0 Å². The maximum absolute atomic E-state index is 12.7. The molecule has 20 heavy (non-hydrogen) atoms. The second-order valence-corrected chi connectivity index (χ2v) is 4.56. The van der Waals surface area contributed by atoms with E-state index in [9.17, 15) is 9.18 Å². The van der Waals surface area contributed by atoms with E-state index in [0.717, 1.165) is 11.1 Å². The van der Waals surface area contributed by atoms with E-state index in [1.807, 2.05) is 30.3 Å². The Kier molecular flexibility index (Phi) is 4.85. The van der Waals surface area contributed by atoms with Crippen LogP contribution >= 0.6 is 0 Å². The van der Waals surface area contributed by atoms with E-state index in [1.54, 1.807) is 12.1 Å². The van der Waals surface area contributed by atoms with Crippen LogP contribution in [0, 0.1) is 5.82 Å². The van der Waals surface area contributed by atoms with Crippen molar-refractivity contribution in [2.24, 2.45) is 5.73 Å². The van der Waals surface area contributed by atoms with Crippen molar-refractivity contribution in [3.8, 4) is 0 Å². The lowest BCUT2D eigenvalue weighted by atomic mass is 10.1. The molecule has 3 N–H and O–H groups in total. The second-order valence-electron chi connectivity index (χ2n) is 4.56. The van der Waals surface area contributed by atoms with Gasteiger partial charge in [-0.15, -0.1) is 0 Å². The first-order valence-corrected chi connectivity index (χ1v) is 6.49. The molecule has 0 aliphatic carbocycles. The summed E-state index contributed by atoms with van der Waals surface area (Å²) in [5, 5.41) is 2.79. The van der Waals surface area contributed by atoms with E-state index >= 15 is 0 Å². The lowest BCUT2D eigenvalue weighted by Gasteiger charge is -2.12. The predicted octanol–water partition coefficient (Wildman–Crippen LogP) is 2.18. The van der Waals surface area contributed by atoms with Crippen molar-refractivity contribution >= 4 is 5.91 Å². The van der Waals surface area contributed by atoms with Crippen LogP contribution < -0.4 is 11.1 Å². The third-order valence-corrected chi connectivity index (χ3v) is 3.07. The van der Waals surface area contributed by atoms with E-state index in [1.165, 1.54) is 12.1 Å². The van der Waals surface area contributed by atoms with E-state index < -0.39 is 6.04 Å².